The molecule has 1 saturated heterocycles. The molecule has 0 bridgehead atoms. The third-order valence-corrected chi connectivity index (χ3v) is 7.39. The van der Waals surface area contributed by atoms with Gasteiger partial charge in [-0.25, -0.2) is 4.79 Å². The lowest BCUT2D eigenvalue weighted by molar-refractivity contribution is -0.139. The van der Waals surface area contributed by atoms with Crippen molar-refractivity contribution in [1.29, 1.82) is 0 Å². The highest BCUT2D eigenvalue weighted by molar-refractivity contribution is 5.80. The number of aliphatic carboxylic acids is 1. The number of hydrogen-bond acceptors (Lipinski definition) is 5. The van der Waals surface area contributed by atoms with Crippen molar-refractivity contribution in [1.82, 2.24) is 4.90 Å². The van der Waals surface area contributed by atoms with Crippen LogP contribution in [0.25, 0.3) is 5.57 Å². The van der Waals surface area contributed by atoms with E-state index in [9.17, 15) is 9.90 Å². The SMILES string of the molecule is Cc1cc(OC/C=C(\c2ccc(C#CCN3CCC(O)CC3)cc2)c2ccc(C(C)(C)C)cc2)ccc1OCC(=O)O. The summed E-state index contributed by atoms with van der Waals surface area (Å²) >= 11 is 0. The quantitative estimate of drug-likeness (QED) is 0.306. The van der Waals surface area contributed by atoms with E-state index in [4.69, 9.17) is 14.6 Å². The van der Waals surface area contributed by atoms with Gasteiger partial charge in [-0.3, -0.25) is 4.90 Å². The van der Waals surface area contributed by atoms with Crippen LogP contribution in [0.1, 0.15) is 61.4 Å². The smallest absolute Gasteiger partial charge is 0.341 e. The lowest BCUT2D eigenvalue weighted by Crippen LogP contribution is -2.35. The number of aliphatic hydroxyl groups is 1. The maximum Gasteiger partial charge on any atom is 0.341 e. The minimum Gasteiger partial charge on any atom is -0.489 e. The van der Waals surface area contributed by atoms with E-state index < -0.39 is 5.97 Å². The molecule has 220 valence electrons. The van der Waals surface area contributed by atoms with E-state index in [0.29, 0.717) is 24.7 Å². The van der Waals surface area contributed by atoms with Gasteiger partial charge in [0.15, 0.2) is 6.61 Å². The Hall–Kier alpha value is -4.05. The van der Waals surface area contributed by atoms with E-state index >= 15 is 0 Å². The molecule has 0 aliphatic carbocycles. The number of carbonyl (C=O) groups is 1. The molecule has 0 radical (unpaired) electrons. The van der Waals surface area contributed by atoms with Crippen molar-refractivity contribution in [2.24, 2.45) is 0 Å². The molecule has 0 amide bonds. The highest BCUT2D eigenvalue weighted by atomic mass is 16.5. The fraction of sp³-hybridized carbons (Fsp3) is 0.361. The Balaban J connectivity index is 1.50. The molecule has 1 aliphatic heterocycles. The normalized spacial score (nSPS) is 14.6. The molecule has 0 atom stereocenters. The summed E-state index contributed by atoms with van der Waals surface area (Å²) in [5, 5.41) is 18.6. The van der Waals surface area contributed by atoms with Crippen molar-refractivity contribution in [3.8, 4) is 23.3 Å². The molecule has 6 heteroatoms. The van der Waals surface area contributed by atoms with Crippen LogP contribution in [0, 0.1) is 18.8 Å². The minimum atomic E-state index is -1.01. The summed E-state index contributed by atoms with van der Waals surface area (Å²) in [6, 6.07) is 22.4. The Labute approximate surface area is 249 Å². The van der Waals surface area contributed by atoms with Gasteiger partial charge >= 0.3 is 5.97 Å². The third-order valence-electron chi connectivity index (χ3n) is 7.39. The van der Waals surface area contributed by atoms with Crippen molar-refractivity contribution >= 4 is 11.5 Å². The molecule has 2 N–H and O–H groups in total. The maximum absolute atomic E-state index is 10.8. The Morgan fingerprint density at radius 1 is 0.976 bits per heavy atom. The zero-order valence-electron chi connectivity index (χ0n) is 25.0. The molecule has 0 unspecified atom stereocenters. The average molecular weight is 568 g/mol. The van der Waals surface area contributed by atoms with Crippen LogP contribution in [-0.2, 0) is 10.2 Å². The van der Waals surface area contributed by atoms with E-state index in [1.807, 2.05) is 13.0 Å². The maximum atomic E-state index is 10.8. The number of nitrogens with zero attached hydrogens (tertiary/aromatic N) is 1. The van der Waals surface area contributed by atoms with Crippen molar-refractivity contribution in [3.63, 3.8) is 0 Å². The predicted octanol–water partition coefficient (Wildman–Crippen LogP) is 6.07. The summed E-state index contributed by atoms with van der Waals surface area (Å²) < 4.78 is 11.4. The minimum absolute atomic E-state index is 0.0675. The van der Waals surface area contributed by atoms with Gasteiger partial charge in [0.1, 0.15) is 18.1 Å². The highest BCUT2D eigenvalue weighted by Gasteiger charge is 2.16. The second kappa shape index (κ2) is 14.2. The van der Waals surface area contributed by atoms with Gasteiger partial charge in [-0.15, -0.1) is 0 Å². The zero-order chi connectivity index (χ0) is 30.1. The van der Waals surface area contributed by atoms with Crippen LogP contribution in [0.4, 0.5) is 0 Å². The molecule has 1 fully saturated rings. The second-order valence-electron chi connectivity index (χ2n) is 11.8. The van der Waals surface area contributed by atoms with E-state index in [2.05, 4.69) is 92.1 Å². The first-order valence-corrected chi connectivity index (χ1v) is 14.5. The predicted molar refractivity (Wildman–Crippen MR) is 167 cm³/mol. The average Bonchev–Trinajstić information content (AvgIpc) is 2.96. The summed E-state index contributed by atoms with van der Waals surface area (Å²) in [7, 11) is 0. The van der Waals surface area contributed by atoms with Gasteiger partial charge < -0.3 is 19.7 Å². The van der Waals surface area contributed by atoms with Gasteiger partial charge in [0.2, 0.25) is 0 Å². The number of ether oxygens (including phenoxy) is 2. The van der Waals surface area contributed by atoms with E-state index in [0.717, 1.165) is 53.8 Å². The van der Waals surface area contributed by atoms with Gasteiger partial charge in [0, 0.05) is 18.7 Å². The first-order valence-electron chi connectivity index (χ1n) is 14.5. The third kappa shape index (κ3) is 8.97. The van der Waals surface area contributed by atoms with Crippen LogP contribution < -0.4 is 9.47 Å². The topological polar surface area (TPSA) is 79.2 Å². The number of rotatable bonds is 9. The zero-order valence-corrected chi connectivity index (χ0v) is 25.0. The van der Waals surface area contributed by atoms with Crippen LogP contribution in [0.2, 0.25) is 0 Å². The van der Waals surface area contributed by atoms with E-state index in [-0.39, 0.29) is 18.1 Å². The van der Waals surface area contributed by atoms with Crippen LogP contribution in [0.3, 0.4) is 0 Å². The number of carboxylic acid groups (broad SMARTS) is 1. The van der Waals surface area contributed by atoms with Gasteiger partial charge in [-0.2, -0.15) is 0 Å². The molecule has 1 aliphatic rings. The molecule has 0 saturated carbocycles. The van der Waals surface area contributed by atoms with Crippen molar-refractivity contribution in [2.45, 2.75) is 52.1 Å². The molecule has 0 aromatic heterocycles. The number of aliphatic hydroxyl groups excluding tert-OH is 1. The number of likely N-dealkylation sites (tertiary alicyclic amines) is 1. The molecular weight excluding hydrogens is 526 g/mol. The summed E-state index contributed by atoms with van der Waals surface area (Å²) in [4.78, 5) is 13.1. The second-order valence-corrected chi connectivity index (χ2v) is 11.8. The Morgan fingerprint density at radius 3 is 2.21 bits per heavy atom. The van der Waals surface area contributed by atoms with Crippen LogP contribution >= 0.6 is 0 Å². The fourth-order valence-electron chi connectivity index (χ4n) is 4.85. The number of piperidine rings is 1. The number of aryl methyl sites for hydroxylation is 1. The summed E-state index contributed by atoms with van der Waals surface area (Å²) in [6.45, 7) is 11.0. The monoisotopic (exact) mass is 567 g/mol. The van der Waals surface area contributed by atoms with Crippen LogP contribution in [0.15, 0.2) is 72.8 Å². The number of hydrogen-bond donors (Lipinski definition) is 2. The van der Waals surface area contributed by atoms with Gasteiger partial charge in [0.25, 0.3) is 0 Å². The fourth-order valence-corrected chi connectivity index (χ4v) is 4.85. The number of benzene rings is 3. The summed E-state index contributed by atoms with van der Waals surface area (Å²) in [5.41, 5.74) is 6.37. The van der Waals surface area contributed by atoms with Crippen molar-refractivity contribution < 1.29 is 24.5 Å². The lowest BCUT2D eigenvalue weighted by Gasteiger charge is -2.27. The van der Waals surface area contributed by atoms with Gasteiger partial charge in [0.05, 0.1) is 12.6 Å². The van der Waals surface area contributed by atoms with Gasteiger partial charge in [-0.05, 0) is 89.4 Å². The molecule has 6 nitrogen and oxygen atoms in total. The largest absolute Gasteiger partial charge is 0.489 e. The standard InChI is InChI=1S/C36H41NO5/c1-26-24-32(15-16-34(26)42-25-35(39)40)41-23-19-33(29-11-13-30(14-12-29)36(2,3)4)28-9-7-27(8-10-28)6-5-20-37-21-17-31(38)18-22-37/h7-16,19,24,31,38H,17-18,20-23,25H2,1-4H3,(H,39,40)/b33-19+. The molecule has 4 rings (SSSR count). The molecule has 0 spiro atoms. The van der Waals surface area contributed by atoms with Crippen LogP contribution in [-0.4, -0.2) is 60.0 Å². The molecule has 42 heavy (non-hydrogen) atoms. The molecule has 3 aromatic carbocycles. The van der Waals surface area contributed by atoms with Gasteiger partial charge in [-0.1, -0.05) is 69.0 Å². The summed E-state index contributed by atoms with van der Waals surface area (Å²) in [5.74, 6) is 6.76. The lowest BCUT2D eigenvalue weighted by atomic mass is 9.85. The van der Waals surface area contributed by atoms with Crippen molar-refractivity contribution in [3.05, 3.63) is 101 Å². The Kier molecular flexibility index (Phi) is 10.5. The van der Waals surface area contributed by atoms with E-state index in [1.54, 1.807) is 12.1 Å². The molecule has 3 aromatic rings. The molecule has 1 heterocycles. The first-order chi connectivity index (χ1) is 20.1. The Bertz CT molecular complexity index is 1430. The highest BCUT2D eigenvalue weighted by Crippen LogP contribution is 2.29. The molecular formula is C36H41NO5. The van der Waals surface area contributed by atoms with Crippen LogP contribution in [0.5, 0.6) is 11.5 Å². The first kappa shape index (κ1) is 30.9. The van der Waals surface area contributed by atoms with E-state index in [1.165, 1.54) is 5.56 Å². The number of carboxylic acids is 1. The summed E-state index contributed by atoms with van der Waals surface area (Å²) in [6.07, 6.45) is 3.55. The Morgan fingerprint density at radius 2 is 1.62 bits per heavy atom. The van der Waals surface area contributed by atoms with Crippen molar-refractivity contribution in [2.75, 3.05) is 32.8 Å².